The highest BCUT2D eigenvalue weighted by molar-refractivity contribution is 5.97. The zero-order valence-corrected chi connectivity index (χ0v) is 14.2. The summed E-state index contributed by atoms with van der Waals surface area (Å²) in [6.07, 6.45) is 5.15. The lowest BCUT2D eigenvalue weighted by Gasteiger charge is -2.13. The number of carbonyl (C=O) groups excluding carboxylic acids is 1. The highest BCUT2D eigenvalue weighted by Gasteiger charge is 2.25. The summed E-state index contributed by atoms with van der Waals surface area (Å²) in [7, 11) is 0. The second-order valence-corrected chi connectivity index (χ2v) is 6.57. The van der Waals surface area contributed by atoms with Crippen LogP contribution in [0.2, 0.25) is 0 Å². The Balaban J connectivity index is 1.95. The van der Waals surface area contributed by atoms with E-state index in [-0.39, 0.29) is 11.8 Å². The van der Waals surface area contributed by atoms with Crippen LogP contribution >= 0.6 is 0 Å². The Morgan fingerprint density at radius 3 is 2.70 bits per heavy atom. The number of aromatic amines is 1. The van der Waals surface area contributed by atoms with Gasteiger partial charge < -0.3 is 5.32 Å². The van der Waals surface area contributed by atoms with Crippen molar-refractivity contribution in [2.75, 3.05) is 5.32 Å². The van der Waals surface area contributed by atoms with Crippen LogP contribution in [0, 0.1) is 19.8 Å². The molecule has 1 saturated carbocycles. The Bertz CT molecular complexity index is 711. The lowest BCUT2D eigenvalue weighted by molar-refractivity contribution is -0.119. The fourth-order valence-corrected chi connectivity index (χ4v) is 3.46. The van der Waals surface area contributed by atoms with E-state index in [1.807, 2.05) is 0 Å². The van der Waals surface area contributed by atoms with E-state index in [0.717, 1.165) is 54.7 Å². The zero-order valence-electron chi connectivity index (χ0n) is 14.2. The van der Waals surface area contributed by atoms with Gasteiger partial charge >= 0.3 is 0 Å². The Kier molecular flexibility index (Phi) is 4.51. The van der Waals surface area contributed by atoms with Gasteiger partial charge in [0.15, 0.2) is 0 Å². The van der Waals surface area contributed by atoms with Gasteiger partial charge in [0.05, 0.1) is 11.4 Å². The first-order chi connectivity index (χ1) is 11.1. The summed E-state index contributed by atoms with van der Waals surface area (Å²) < 4.78 is 0. The molecule has 0 spiro atoms. The second kappa shape index (κ2) is 6.57. The molecule has 0 bridgehead atoms. The topological polar surface area (TPSA) is 57.8 Å². The number of benzene rings is 1. The van der Waals surface area contributed by atoms with Crippen LogP contribution in [0.25, 0.3) is 11.3 Å². The quantitative estimate of drug-likeness (QED) is 0.880. The third kappa shape index (κ3) is 3.16. The van der Waals surface area contributed by atoms with E-state index < -0.39 is 0 Å². The molecule has 0 atom stereocenters. The number of nitrogens with one attached hydrogen (secondary N) is 2. The highest BCUT2D eigenvalue weighted by Crippen LogP contribution is 2.33. The number of aryl methyl sites for hydroxylation is 3. The molecule has 2 aromatic rings. The minimum atomic E-state index is 0.143. The molecule has 0 unspecified atom stereocenters. The molecule has 1 aliphatic rings. The number of amides is 1. The van der Waals surface area contributed by atoms with E-state index >= 15 is 0 Å². The van der Waals surface area contributed by atoms with Gasteiger partial charge in [0.2, 0.25) is 5.91 Å². The predicted molar refractivity (Wildman–Crippen MR) is 93.5 cm³/mol. The molecule has 1 amide bonds. The lowest BCUT2D eigenvalue weighted by Crippen LogP contribution is -2.21. The summed E-state index contributed by atoms with van der Waals surface area (Å²) in [5, 5.41) is 10.7. The molecule has 1 heterocycles. The molecule has 0 radical (unpaired) electrons. The Labute approximate surface area is 137 Å². The van der Waals surface area contributed by atoms with Crippen molar-refractivity contribution in [3.05, 3.63) is 35.0 Å². The van der Waals surface area contributed by atoms with Gasteiger partial charge in [0.25, 0.3) is 0 Å². The Morgan fingerprint density at radius 1 is 1.30 bits per heavy atom. The van der Waals surface area contributed by atoms with Gasteiger partial charge in [-0.15, -0.1) is 0 Å². The molecule has 4 nitrogen and oxygen atoms in total. The molecule has 0 saturated heterocycles. The van der Waals surface area contributed by atoms with Crippen molar-refractivity contribution in [3.8, 4) is 11.3 Å². The van der Waals surface area contributed by atoms with Crippen molar-refractivity contribution < 1.29 is 4.79 Å². The molecule has 0 aliphatic heterocycles. The minimum absolute atomic E-state index is 0.143. The van der Waals surface area contributed by atoms with Crippen molar-refractivity contribution in [2.24, 2.45) is 5.92 Å². The van der Waals surface area contributed by atoms with Crippen LogP contribution in [-0.4, -0.2) is 16.1 Å². The summed E-state index contributed by atoms with van der Waals surface area (Å²) in [6, 6.07) is 6.33. The Hall–Kier alpha value is -2.10. The van der Waals surface area contributed by atoms with E-state index in [2.05, 4.69) is 54.5 Å². The minimum Gasteiger partial charge on any atom is -0.322 e. The van der Waals surface area contributed by atoms with Crippen LogP contribution in [-0.2, 0) is 11.2 Å². The average molecular weight is 311 g/mol. The number of rotatable bonds is 4. The van der Waals surface area contributed by atoms with Gasteiger partial charge in [-0.2, -0.15) is 5.10 Å². The summed E-state index contributed by atoms with van der Waals surface area (Å²) in [5.41, 5.74) is 6.19. The molecular formula is C19H25N3O. The number of aromatic nitrogens is 2. The summed E-state index contributed by atoms with van der Waals surface area (Å²) in [5.74, 6) is 0.297. The normalized spacial score (nSPS) is 15.1. The van der Waals surface area contributed by atoms with Crippen LogP contribution in [0.1, 0.15) is 49.4 Å². The maximum atomic E-state index is 12.6. The lowest BCUT2D eigenvalue weighted by atomic mass is 10.0. The average Bonchev–Trinajstić information content (AvgIpc) is 3.17. The molecule has 1 aliphatic carbocycles. The number of hydrogen-bond acceptors (Lipinski definition) is 2. The van der Waals surface area contributed by atoms with Crippen LogP contribution in [0.15, 0.2) is 18.2 Å². The monoisotopic (exact) mass is 311 g/mol. The largest absolute Gasteiger partial charge is 0.322 e. The first kappa shape index (κ1) is 15.8. The standard InChI is InChI=1S/C19H25N3O/c1-4-16-18(20-19(23)14-7-5-6-8-14)17(22-21-16)15-10-9-12(2)11-13(15)3/h9-11,14H,4-8H2,1-3H3,(H,20,23)(H,21,22). The first-order valence-corrected chi connectivity index (χ1v) is 8.56. The van der Waals surface area contributed by atoms with Crippen LogP contribution in [0.4, 0.5) is 5.69 Å². The number of carbonyl (C=O) groups is 1. The van der Waals surface area contributed by atoms with Crippen LogP contribution in [0.5, 0.6) is 0 Å². The molecule has 1 fully saturated rings. The van der Waals surface area contributed by atoms with E-state index in [4.69, 9.17) is 0 Å². The van der Waals surface area contributed by atoms with Crippen molar-refractivity contribution in [1.82, 2.24) is 10.2 Å². The SMILES string of the molecule is CCc1[nH]nc(-c2ccc(C)cc2C)c1NC(=O)C1CCCC1. The van der Waals surface area contributed by atoms with Crippen molar-refractivity contribution in [1.29, 1.82) is 0 Å². The highest BCUT2D eigenvalue weighted by atomic mass is 16.1. The molecule has 2 N–H and O–H groups in total. The van der Waals surface area contributed by atoms with Gasteiger partial charge in [-0.3, -0.25) is 9.89 Å². The molecule has 3 rings (SSSR count). The van der Waals surface area contributed by atoms with E-state index in [9.17, 15) is 4.79 Å². The van der Waals surface area contributed by atoms with Gasteiger partial charge in [-0.25, -0.2) is 0 Å². The fourth-order valence-electron chi connectivity index (χ4n) is 3.46. The maximum Gasteiger partial charge on any atom is 0.227 e. The van der Waals surface area contributed by atoms with Gasteiger partial charge in [0.1, 0.15) is 5.69 Å². The zero-order chi connectivity index (χ0) is 16.4. The summed E-state index contributed by atoms with van der Waals surface area (Å²) in [6.45, 7) is 6.25. The smallest absolute Gasteiger partial charge is 0.227 e. The van der Waals surface area contributed by atoms with Crippen molar-refractivity contribution >= 4 is 11.6 Å². The Morgan fingerprint density at radius 2 is 2.04 bits per heavy atom. The third-order valence-electron chi connectivity index (χ3n) is 4.81. The fraction of sp³-hybridized carbons (Fsp3) is 0.474. The molecule has 1 aromatic carbocycles. The third-order valence-corrected chi connectivity index (χ3v) is 4.81. The first-order valence-electron chi connectivity index (χ1n) is 8.56. The number of nitrogens with zero attached hydrogens (tertiary/aromatic N) is 1. The molecule has 23 heavy (non-hydrogen) atoms. The second-order valence-electron chi connectivity index (χ2n) is 6.57. The van der Waals surface area contributed by atoms with Crippen molar-refractivity contribution in [2.45, 2.75) is 52.9 Å². The molecule has 122 valence electrons. The van der Waals surface area contributed by atoms with E-state index in [1.54, 1.807) is 0 Å². The maximum absolute atomic E-state index is 12.6. The summed E-state index contributed by atoms with van der Waals surface area (Å²) >= 11 is 0. The number of hydrogen-bond donors (Lipinski definition) is 2. The van der Waals surface area contributed by atoms with Crippen LogP contribution < -0.4 is 5.32 Å². The van der Waals surface area contributed by atoms with E-state index in [0.29, 0.717) is 0 Å². The molecular weight excluding hydrogens is 286 g/mol. The van der Waals surface area contributed by atoms with E-state index in [1.165, 1.54) is 11.1 Å². The molecule has 1 aromatic heterocycles. The number of anilines is 1. The van der Waals surface area contributed by atoms with Gasteiger partial charge in [-0.1, -0.05) is 43.5 Å². The van der Waals surface area contributed by atoms with Crippen molar-refractivity contribution in [3.63, 3.8) is 0 Å². The van der Waals surface area contributed by atoms with Gasteiger partial charge in [-0.05, 0) is 38.7 Å². The number of H-pyrrole nitrogens is 1. The molecule has 4 heteroatoms. The predicted octanol–water partition coefficient (Wildman–Crippen LogP) is 4.38. The van der Waals surface area contributed by atoms with Gasteiger partial charge in [0, 0.05) is 11.5 Å². The van der Waals surface area contributed by atoms with Crippen LogP contribution in [0.3, 0.4) is 0 Å². The summed E-state index contributed by atoms with van der Waals surface area (Å²) in [4.78, 5) is 12.6.